The van der Waals surface area contributed by atoms with E-state index in [0.29, 0.717) is 11.7 Å². The molecular formula is C19H25ClN4O2. The molecule has 140 valence electrons. The van der Waals surface area contributed by atoms with Crippen molar-refractivity contribution in [2.75, 3.05) is 18.4 Å². The van der Waals surface area contributed by atoms with Crippen LogP contribution in [0.1, 0.15) is 37.6 Å². The van der Waals surface area contributed by atoms with Gasteiger partial charge in [-0.2, -0.15) is 4.98 Å². The van der Waals surface area contributed by atoms with Crippen molar-refractivity contribution in [3.63, 3.8) is 0 Å². The van der Waals surface area contributed by atoms with Gasteiger partial charge >= 0.3 is 0 Å². The Labute approximate surface area is 159 Å². The standard InChI is InChI=1S/C19H24N4O2.ClH/c1-3-16-22-18(25-23-16)13-5-4-12(2)15(10-13)21-17(24)14-11-19(14)6-8-20-9-7-19;/h4-5,10,14,20H,3,6-9,11H2,1-2H3,(H,21,24);1H. The van der Waals surface area contributed by atoms with Crippen LogP contribution in [0.5, 0.6) is 0 Å². The number of hydrogen-bond acceptors (Lipinski definition) is 5. The van der Waals surface area contributed by atoms with Crippen molar-refractivity contribution in [1.29, 1.82) is 0 Å². The fraction of sp³-hybridized carbons (Fsp3) is 0.526. The number of piperidine rings is 1. The van der Waals surface area contributed by atoms with Crippen LogP contribution in [0.4, 0.5) is 5.69 Å². The fourth-order valence-electron chi connectivity index (χ4n) is 3.82. The third kappa shape index (κ3) is 3.48. The molecule has 2 heterocycles. The molecule has 26 heavy (non-hydrogen) atoms. The van der Waals surface area contributed by atoms with Crippen LogP contribution < -0.4 is 10.6 Å². The second-order valence-corrected chi connectivity index (χ2v) is 7.26. The Morgan fingerprint density at radius 3 is 2.85 bits per heavy atom. The average Bonchev–Trinajstić information content (AvgIpc) is 3.10. The average molecular weight is 377 g/mol. The summed E-state index contributed by atoms with van der Waals surface area (Å²) in [6.07, 6.45) is 3.96. The number of nitrogens with zero attached hydrogens (tertiary/aromatic N) is 2. The number of aromatic nitrogens is 2. The zero-order valence-corrected chi connectivity index (χ0v) is 16.0. The fourth-order valence-corrected chi connectivity index (χ4v) is 3.82. The zero-order valence-electron chi connectivity index (χ0n) is 15.2. The smallest absolute Gasteiger partial charge is 0.257 e. The number of nitrogens with one attached hydrogen (secondary N) is 2. The first kappa shape index (κ1) is 18.9. The molecule has 2 fully saturated rings. The van der Waals surface area contributed by atoms with Gasteiger partial charge in [0.2, 0.25) is 5.91 Å². The molecule has 6 nitrogen and oxygen atoms in total. The highest BCUT2D eigenvalue weighted by Gasteiger charge is 2.57. The first-order valence-corrected chi connectivity index (χ1v) is 9.06. The lowest BCUT2D eigenvalue weighted by atomic mass is 9.91. The van der Waals surface area contributed by atoms with Crippen molar-refractivity contribution in [1.82, 2.24) is 15.5 Å². The summed E-state index contributed by atoms with van der Waals surface area (Å²) in [5.41, 5.74) is 2.94. The van der Waals surface area contributed by atoms with Gasteiger partial charge in [0.25, 0.3) is 5.89 Å². The number of amides is 1. The number of rotatable bonds is 4. The van der Waals surface area contributed by atoms with E-state index < -0.39 is 0 Å². The van der Waals surface area contributed by atoms with Crippen molar-refractivity contribution in [2.24, 2.45) is 11.3 Å². The summed E-state index contributed by atoms with van der Waals surface area (Å²) >= 11 is 0. The lowest BCUT2D eigenvalue weighted by molar-refractivity contribution is -0.118. The number of carbonyl (C=O) groups excluding carboxylic acids is 1. The summed E-state index contributed by atoms with van der Waals surface area (Å²) < 4.78 is 5.31. The van der Waals surface area contributed by atoms with Gasteiger partial charge in [-0.3, -0.25) is 4.79 Å². The van der Waals surface area contributed by atoms with E-state index in [1.54, 1.807) is 0 Å². The van der Waals surface area contributed by atoms with Gasteiger partial charge in [-0.15, -0.1) is 12.4 Å². The molecule has 1 spiro atoms. The molecule has 1 aromatic carbocycles. The quantitative estimate of drug-likeness (QED) is 0.855. The predicted molar refractivity (Wildman–Crippen MR) is 102 cm³/mol. The van der Waals surface area contributed by atoms with Crippen molar-refractivity contribution < 1.29 is 9.32 Å². The van der Waals surface area contributed by atoms with E-state index in [0.717, 1.165) is 55.6 Å². The summed E-state index contributed by atoms with van der Waals surface area (Å²) in [4.78, 5) is 17.1. The summed E-state index contributed by atoms with van der Waals surface area (Å²) in [5.74, 6) is 1.47. The van der Waals surface area contributed by atoms with E-state index >= 15 is 0 Å². The van der Waals surface area contributed by atoms with E-state index in [-0.39, 0.29) is 29.6 Å². The van der Waals surface area contributed by atoms with Gasteiger partial charge in [0.1, 0.15) is 0 Å². The summed E-state index contributed by atoms with van der Waals surface area (Å²) in [6, 6.07) is 5.86. The lowest BCUT2D eigenvalue weighted by Crippen LogP contribution is -2.31. The molecule has 1 aliphatic carbocycles. The topological polar surface area (TPSA) is 80.0 Å². The molecule has 1 aliphatic heterocycles. The van der Waals surface area contributed by atoms with Crippen LogP contribution in [0, 0.1) is 18.3 Å². The Kier molecular flexibility index (Phi) is 5.34. The number of hydrogen-bond donors (Lipinski definition) is 2. The van der Waals surface area contributed by atoms with E-state index in [1.165, 1.54) is 0 Å². The van der Waals surface area contributed by atoms with E-state index in [9.17, 15) is 4.79 Å². The highest BCUT2D eigenvalue weighted by Crippen LogP contribution is 2.58. The maximum atomic E-state index is 12.7. The summed E-state index contributed by atoms with van der Waals surface area (Å²) in [5, 5.41) is 10.4. The van der Waals surface area contributed by atoms with Crippen LogP contribution in [0.2, 0.25) is 0 Å². The Balaban J connectivity index is 0.00000196. The highest BCUT2D eigenvalue weighted by molar-refractivity contribution is 5.96. The summed E-state index contributed by atoms with van der Waals surface area (Å²) in [7, 11) is 0. The Morgan fingerprint density at radius 1 is 1.38 bits per heavy atom. The van der Waals surface area contributed by atoms with E-state index in [4.69, 9.17) is 4.52 Å². The second kappa shape index (κ2) is 7.37. The number of anilines is 1. The van der Waals surface area contributed by atoms with E-state index in [1.807, 2.05) is 32.0 Å². The first-order valence-electron chi connectivity index (χ1n) is 9.06. The van der Waals surface area contributed by atoms with Gasteiger partial charge in [0.05, 0.1) is 0 Å². The predicted octanol–water partition coefficient (Wildman–Crippen LogP) is 3.36. The number of aryl methyl sites for hydroxylation is 2. The van der Waals surface area contributed by atoms with E-state index in [2.05, 4.69) is 20.8 Å². The van der Waals surface area contributed by atoms with Crippen molar-refractivity contribution in [3.8, 4) is 11.5 Å². The molecule has 0 bridgehead atoms. The maximum Gasteiger partial charge on any atom is 0.257 e. The lowest BCUT2D eigenvalue weighted by Gasteiger charge is -2.23. The zero-order chi connectivity index (χ0) is 17.4. The van der Waals surface area contributed by atoms with Crippen LogP contribution in [-0.4, -0.2) is 29.1 Å². The van der Waals surface area contributed by atoms with Gasteiger partial charge in [-0.25, -0.2) is 0 Å². The molecule has 1 aromatic heterocycles. The Bertz CT molecular complexity index is 799. The molecule has 1 saturated heterocycles. The number of halogens is 1. The van der Waals surface area contributed by atoms with Gasteiger partial charge in [0.15, 0.2) is 5.82 Å². The number of benzene rings is 1. The van der Waals surface area contributed by atoms with Gasteiger partial charge in [-0.1, -0.05) is 18.1 Å². The minimum atomic E-state index is 0. The highest BCUT2D eigenvalue weighted by atomic mass is 35.5. The third-order valence-corrected chi connectivity index (χ3v) is 5.63. The van der Waals surface area contributed by atoms with Crippen molar-refractivity contribution in [3.05, 3.63) is 29.6 Å². The van der Waals surface area contributed by atoms with Crippen LogP contribution in [0.15, 0.2) is 22.7 Å². The van der Waals surface area contributed by atoms with Gasteiger partial charge in [-0.05, 0) is 62.4 Å². The van der Waals surface area contributed by atoms with Crippen molar-refractivity contribution in [2.45, 2.75) is 39.5 Å². The minimum Gasteiger partial charge on any atom is -0.334 e. The first-order chi connectivity index (χ1) is 12.1. The largest absolute Gasteiger partial charge is 0.334 e. The molecule has 2 N–H and O–H groups in total. The second-order valence-electron chi connectivity index (χ2n) is 7.26. The summed E-state index contributed by atoms with van der Waals surface area (Å²) in [6.45, 7) is 6.03. The molecule has 1 saturated carbocycles. The Hall–Kier alpha value is -1.92. The molecule has 2 aromatic rings. The maximum absolute atomic E-state index is 12.7. The van der Waals surface area contributed by atoms with Crippen LogP contribution >= 0.6 is 12.4 Å². The molecule has 0 radical (unpaired) electrons. The molecular weight excluding hydrogens is 352 g/mol. The van der Waals surface area contributed by atoms with Gasteiger partial charge in [0, 0.05) is 23.6 Å². The normalized spacial score (nSPS) is 20.5. The molecule has 1 unspecified atom stereocenters. The minimum absolute atomic E-state index is 0. The monoisotopic (exact) mass is 376 g/mol. The number of carbonyl (C=O) groups is 1. The van der Waals surface area contributed by atoms with Crippen LogP contribution in [-0.2, 0) is 11.2 Å². The molecule has 1 amide bonds. The SMILES string of the molecule is CCc1noc(-c2ccc(C)c(NC(=O)C3CC34CCNCC4)c2)n1.Cl. The molecule has 1 atom stereocenters. The Morgan fingerprint density at radius 2 is 2.15 bits per heavy atom. The molecule has 4 rings (SSSR count). The van der Waals surface area contributed by atoms with Crippen LogP contribution in [0.25, 0.3) is 11.5 Å². The molecule has 7 heteroatoms. The van der Waals surface area contributed by atoms with Crippen molar-refractivity contribution >= 4 is 24.0 Å². The van der Waals surface area contributed by atoms with Gasteiger partial charge < -0.3 is 15.2 Å². The third-order valence-electron chi connectivity index (χ3n) is 5.63. The van der Waals surface area contributed by atoms with Crippen LogP contribution in [0.3, 0.4) is 0 Å². The molecule has 2 aliphatic rings.